The van der Waals surface area contributed by atoms with Gasteiger partial charge in [-0.1, -0.05) is 30.3 Å². The second-order valence-corrected chi connectivity index (χ2v) is 6.41. The van der Waals surface area contributed by atoms with Crippen molar-refractivity contribution in [3.63, 3.8) is 0 Å². The van der Waals surface area contributed by atoms with Gasteiger partial charge >= 0.3 is 6.09 Å². The molecule has 0 aliphatic carbocycles. The second-order valence-electron chi connectivity index (χ2n) is 6.41. The Labute approximate surface area is 148 Å². The summed E-state index contributed by atoms with van der Waals surface area (Å²) in [5.41, 5.74) is 3.75. The largest absolute Gasteiger partial charge is 0.444 e. The van der Waals surface area contributed by atoms with Crippen LogP contribution in [-0.4, -0.2) is 55.3 Å². The second kappa shape index (κ2) is 10.4. The topological polar surface area (TPSA) is 89.1 Å². The number of amides is 1. The maximum Gasteiger partial charge on any atom is 0.407 e. The number of nitrogens with one attached hydrogen (secondary N) is 2. The fraction of sp³-hybridized carbons (Fsp3) is 0.611. The molecule has 0 radical (unpaired) electrons. The van der Waals surface area contributed by atoms with Gasteiger partial charge in [0.15, 0.2) is 0 Å². The summed E-state index contributed by atoms with van der Waals surface area (Å²) in [4.78, 5) is 17.4. The summed E-state index contributed by atoms with van der Waals surface area (Å²) in [6.07, 6.45) is -0.409. The molecule has 7 nitrogen and oxygen atoms in total. The summed E-state index contributed by atoms with van der Waals surface area (Å²) in [6.45, 7) is 5.00. The van der Waals surface area contributed by atoms with Crippen molar-refractivity contribution in [1.82, 2.24) is 10.8 Å². The van der Waals surface area contributed by atoms with E-state index >= 15 is 0 Å². The zero-order valence-corrected chi connectivity index (χ0v) is 14.8. The highest BCUT2D eigenvalue weighted by Crippen LogP contribution is 2.10. The smallest absolute Gasteiger partial charge is 0.407 e. The molecule has 7 heteroatoms. The molecule has 1 amide bonds. The molecule has 1 aromatic rings. The Hall–Kier alpha value is -1.67. The monoisotopic (exact) mass is 352 g/mol. The molecule has 0 aromatic heterocycles. The van der Waals surface area contributed by atoms with Gasteiger partial charge in [-0.25, -0.2) is 4.79 Å². The summed E-state index contributed by atoms with van der Waals surface area (Å²) < 4.78 is 10.5. The van der Waals surface area contributed by atoms with Crippen LogP contribution in [0, 0.1) is 0 Å². The van der Waals surface area contributed by atoms with Crippen molar-refractivity contribution >= 4 is 6.09 Å². The van der Waals surface area contributed by atoms with E-state index in [-0.39, 0.29) is 18.8 Å². The average molecular weight is 352 g/mol. The fourth-order valence-electron chi connectivity index (χ4n) is 2.54. The third-order valence-electron chi connectivity index (χ3n) is 3.84. The fourth-order valence-corrected chi connectivity index (χ4v) is 2.54. The number of aliphatic hydroxyl groups is 1. The number of rotatable bonds is 9. The number of alkyl carbamates (subject to hydrolysis) is 1. The summed E-state index contributed by atoms with van der Waals surface area (Å²) in [6, 6.07) is 9.18. The van der Waals surface area contributed by atoms with Crippen molar-refractivity contribution in [2.45, 2.75) is 51.0 Å². The van der Waals surface area contributed by atoms with E-state index in [0.717, 1.165) is 5.56 Å². The lowest BCUT2D eigenvalue weighted by atomic mass is 10.0. The van der Waals surface area contributed by atoms with Crippen LogP contribution >= 0.6 is 0 Å². The van der Waals surface area contributed by atoms with Crippen LogP contribution in [0.4, 0.5) is 4.79 Å². The Kier molecular flexibility index (Phi) is 8.14. The van der Waals surface area contributed by atoms with Gasteiger partial charge in [-0.15, -0.1) is 0 Å². The van der Waals surface area contributed by atoms with Crippen LogP contribution in [0.2, 0.25) is 0 Å². The van der Waals surface area contributed by atoms with Crippen molar-refractivity contribution in [3.8, 4) is 0 Å². The van der Waals surface area contributed by atoms with Gasteiger partial charge in [-0.2, -0.15) is 5.48 Å². The van der Waals surface area contributed by atoms with Crippen LogP contribution in [0.5, 0.6) is 0 Å². The van der Waals surface area contributed by atoms with Gasteiger partial charge in [0.1, 0.15) is 6.10 Å². The molecule has 0 saturated carbocycles. The molecule has 3 atom stereocenters. The predicted octanol–water partition coefficient (Wildman–Crippen LogP) is 1.40. The van der Waals surface area contributed by atoms with Crippen LogP contribution in [0.15, 0.2) is 30.3 Å². The molecule has 1 aliphatic rings. The quantitative estimate of drug-likeness (QED) is 0.582. The number of hydrogen-bond donors (Lipinski definition) is 3. The molecule has 1 saturated heterocycles. The van der Waals surface area contributed by atoms with Gasteiger partial charge in [0.05, 0.1) is 31.5 Å². The molecule has 140 valence electrons. The lowest BCUT2D eigenvalue weighted by molar-refractivity contribution is -0.0291. The van der Waals surface area contributed by atoms with E-state index in [2.05, 4.69) is 10.8 Å². The summed E-state index contributed by atoms with van der Waals surface area (Å²) in [7, 11) is 0. The zero-order valence-electron chi connectivity index (χ0n) is 14.8. The number of hydroxylamine groups is 1. The van der Waals surface area contributed by atoms with E-state index in [1.165, 1.54) is 0 Å². The number of benzene rings is 1. The number of aliphatic hydroxyl groups excluding tert-OH is 1. The van der Waals surface area contributed by atoms with E-state index in [4.69, 9.17) is 14.3 Å². The van der Waals surface area contributed by atoms with E-state index in [9.17, 15) is 9.90 Å². The summed E-state index contributed by atoms with van der Waals surface area (Å²) in [5.74, 6) is 0. The molecule has 1 fully saturated rings. The zero-order chi connectivity index (χ0) is 18.1. The van der Waals surface area contributed by atoms with Crippen LogP contribution in [0.25, 0.3) is 0 Å². The average Bonchev–Trinajstić information content (AvgIpc) is 3.07. The van der Waals surface area contributed by atoms with Crippen LogP contribution in [0.1, 0.15) is 25.8 Å². The lowest BCUT2D eigenvalue weighted by Gasteiger charge is -2.25. The summed E-state index contributed by atoms with van der Waals surface area (Å²) >= 11 is 0. The normalized spacial score (nSPS) is 19.6. The molecule has 1 heterocycles. The molecular formula is C18H28N2O5. The molecule has 25 heavy (non-hydrogen) atoms. The summed E-state index contributed by atoms with van der Waals surface area (Å²) in [5, 5.41) is 13.2. The highest BCUT2D eigenvalue weighted by atomic mass is 16.7. The highest BCUT2D eigenvalue weighted by molar-refractivity contribution is 5.68. The van der Waals surface area contributed by atoms with E-state index in [1.54, 1.807) is 0 Å². The minimum atomic E-state index is -0.827. The first-order valence-corrected chi connectivity index (χ1v) is 8.70. The van der Waals surface area contributed by atoms with Gasteiger partial charge in [-0.3, -0.25) is 4.84 Å². The molecule has 0 unspecified atom stereocenters. The van der Waals surface area contributed by atoms with Gasteiger partial charge in [0, 0.05) is 13.0 Å². The Morgan fingerprint density at radius 2 is 2.12 bits per heavy atom. The Morgan fingerprint density at radius 3 is 2.76 bits per heavy atom. The number of ether oxygens (including phenoxy) is 2. The van der Waals surface area contributed by atoms with Crippen molar-refractivity contribution in [3.05, 3.63) is 35.9 Å². The molecule has 0 spiro atoms. The van der Waals surface area contributed by atoms with Crippen molar-refractivity contribution < 1.29 is 24.2 Å². The number of carbonyl (C=O) groups is 1. The third-order valence-corrected chi connectivity index (χ3v) is 3.84. The number of carbonyl (C=O) groups excluding carboxylic acids is 1. The van der Waals surface area contributed by atoms with Crippen LogP contribution < -0.4 is 10.8 Å². The molecule has 2 rings (SSSR count). The lowest BCUT2D eigenvalue weighted by Crippen LogP contribution is -2.49. The molecule has 1 aromatic carbocycles. The van der Waals surface area contributed by atoms with Crippen LogP contribution in [-0.2, 0) is 20.7 Å². The van der Waals surface area contributed by atoms with Gasteiger partial charge in [-0.05, 0) is 25.8 Å². The third kappa shape index (κ3) is 7.39. The molecule has 3 N–H and O–H groups in total. The van der Waals surface area contributed by atoms with E-state index < -0.39 is 18.2 Å². The van der Waals surface area contributed by atoms with Gasteiger partial charge in [0.2, 0.25) is 0 Å². The Morgan fingerprint density at radius 1 is 1.36 bits per heavy atom. The predicted molar refractivity (Wildman–Crippen MR) is 93.0 cm³/mol. The first-order valence-electron chi connectivity index (χ1n) is 8.70. The molecule has 0 bridgehead atoms. The molecule has 1 aliphatic heterocycles. The standard InChI is InChI=1S/C18H28N2O5/c1-13(2)25-19-11-17(21)16(10-14-6-4-3-5-7-14)20-18(22)24-15-8-9-23-12-15/h3-7,13,15-17,19,21H,8-12H2,1-2H3,(H,20,22)/t15-,16-,17+/m0/s1. The van der Waals surface area contributed by atoms with Crippen molar-refractivity contribution in [2.24, 2.45) is 0 Å². The maximum absolute atomic E-state index is 12.1. The van der Waals surface area contributed by atoms with Crippen molar-refractivity contribution in [1.29, 1.82) is 0 Å². The SMILES string of the molecule is CC(C)ONC[C@@H](O)[C@H](Cc1ccccc1)NC(=O)O[C@H]1CCOC1. The first kappa shape index (κ1) is 19.7. The van der Waals surface area contributed by atoms with Gasteiger partial charge in [0.25, 0.3) is 0 Å². The van der Waals surface area contributed by atoms with E-state index in [0.29, 0.717) is 26.1 Å². The highest BCUT2D eigenvalue weighted by Gasteiger charge is 2.25. The van der Waals surface area contributed by atoms with Crippen molar-refractivity contribution in [2.75, 3.05) is 19.8 Å². The Bertz CT molecular complexity index is 505. The van der Waals surface area contributed by atoms with Gasteiger partial charge < -0.3 is 19.9 Å². The minimum Gasteiger partial charge on any atom is -0.444 e. The minimum absolute atomic E-state index is 0.0000596. The number of hydrogen-bond acceptors (Lipinski definition) is 6. The molecular weight excluding hydrogens is 324 g/mol. The first-order chi connectivity index (χ1) is 12.0. The van der Waals surface area contributed by atoms with Crippen LogP contribution in [0.3, 0.4) is 0 Å². The van der Waals surface area contributed by atoms with E-state index in [1.807, 2.05) is 44.2 Å². The Balaban J connectivity index is 1.91. The maximum atomic E-state index is 12.1.